The Morgan fingerprint density at radius 3 is 2.78 bits per heavy atom. The lowest BCUT2D eigenvalue weighted by Gasteiger charge is -2.15. The Kier molecular flexibility index (Phi) is 2.68. The molecule has 1 atom stereocenters. The molecule has 0 fully saturated rings. The lowest BCUT2D eigenvalue weighted by Crippen LogP contribution is -2.16. The van der Waals surface area contributed by atoms with E-state index in [1.165, 1.54) is 0 Å². The molecule has 18 heavy (non-hydrogen) atoms. The molecule has 1 aliphatic rings. The summed E-state index contributed by atoms with van der Waals surface area (Å²) in [7, 11) is 0. The Labute approximate surface area is 105 Å². The van der Waals surface area contributed by atoms with Gasteiger partial charge in [0.05, 0.1) is 23.8 Å². The average Bonchev–Trinajstić information content (AvgIpc) is 3.08. The number of carbonyl (C=O) groups excluding carboxylic acids is 1. The van der Waals surface area contributed by atoms with Crippen molar-refractivity contribution in [3.05, 3.63) is 53.9 Å². The smallest absolute Gasteiger partial charge is 0.166 e. The highest BCUT2D eigenvalue weighted by Crippen LogP contribution is 2.24. The van der Waals surface area contributed by atoms with Crippen LogP contribution in [0.2, 0.25) is 0 Å². The van der Waals surface area contributed by atoms with Crippen LogP contribution < -0.4 is 5.01 Å². The van der Waals surface area contributed by atoms with Gasteiger partial charge in [-0.15, -0.1) is 0 Å². The van der Waals surface area contributed by atoms with E-state index in [1.807, 2.05) is 47.6 Å². The number of H-pyrrole nitrogens is 1. The van der Waals surface area contributed by atoms with E-state index < -0.39 is 0 Å². The van der Waals surface area contributed by atoms with Crippen molar-refractivity contribution in [2.45, 2.75) is 5.92 Å². The van der Waals surface area contributed by atoms with Crippen LogP contribution >= 0.6 is 0 Å². The van der Waals surface area contributed by atoms with E-state index in [0.29, 0.717) is 5.69 Å². The van der Waals surface area contributed by atoms with Gasteiger partial charge in [-0.25, -0.2) is 0 Å². The first kappa shape index (κ1) is 10.8. The second-order valence-corrected chi connectivity index (χ2v) is 4.28. The fourth-order valence-corrected chi connectivity index (χ4v) is 2.11. The maximum atomic E-state index is 10.6. The molecule has 0 spiro atoms. The summed E-state index contributed by atoms with van der Waals surface area (Å²) >= 11 is 0. The van der Waals surface area contributed by atoms with Gasteiger partial charge in [-0.1, -0.05) is 18.2 Å². The van der Waals surface area contributed by atoms with E-state index in [2.05, 4.69) is 10.1 Å². The second kappa shape index (κ2) is 4.49. The van der Waals surface area contributed by atoms with E-state index in [9.17, 15) is 4.79 Å². The fourth-order valence-electron chi connectivity index (χ4n) is 2.11. The molecule has 1 unspecified atom stereocenters. The molecule has 0 radical (unpaired) electrons. The van der Waals surface area contributed by atoms with Gasteiger partial charge in [0.25, 0.3) is 0 Å². The van der Waals surface area contributed by atoms with Crippen LogP contribution in [-0.4, -0.2) is 24.0 Å². The zero-order valence-electron chi connectivity index (χ0n) is 9.78. The Hall–Kier alpha value is -2.36. The first-order chi connectivity index (χ1) is 8.86. The number of aromatic nitrogens is 1. The summed E-state index contributed by atoms with van der Waals surface area (Å²) in [5.41, 5.74) is 2.72. The Morgan fingerprint density at radius 1 is 1.22 bits per heavy atom. The van der Waals surface area contributed by atoms with Gasteiger partial charge >= 0.3 is 0 Å². The molecule has 1 aromatic carbocycles. The normalized spacial score (nSPS) is 18.2. The summed E-state index contributed by atoms with van der Waals surface area (Å²) in [4.78, 5) is 13.7. The van der Waals surface area contributed by atoms with Crippen molar-refractivity contribution < 1.29 is 4.79 Å². The highest BCUT2D eigenvalue weighted by molar-refractivity contribution is 5.76. The maximum Gasteiger partial charge on any atom is 0.166 e. The van der Waals surface area contributed by atoms with Crippen LogP contribution in [-0.2, 0) is 0 Å². The number of hydrogen-bond donors (Lipinski definition) is 1. The molecule has 3 rings (SSSR count). The van der Waals surface area contributed by atoms with Crippen molar-refractivity contribution >= 4 is 18.2 Å². The second-order valence-electron chi connectivity index (χ2n) is 4.28. The Morgan fingerprint density at radius 2 is 2.06 bits per heavy atom. The number of nitrogens with zero attached hydrogens (tertiary/aromatic N) is 2. The van der Waals surface area contributed by atoms with Crippen molar-refractivity contribution in [2.24, 2.45) is 5.10 Å². The molecular formula is C14H13N3O. The Balaban J connectivity index is 1.76. The van der Waals surface area contributed by atoms with E-state index in [-0.39, 0.29) is 5.92 Å². The average molecular weight is 239 g/mol. The SMILES string of the molecule is O=Cc1ccc(C2C=NN(c3ccccc3)C2)[nH]1. The molecule has 2 heterocycles. The number of nitrogens with one attached hydrogen (secondary N) is 1. The molecule has 0 bridgehead atoms. The van der Waals surface area contributed by atoms with Crippen LogP contribution in [0.3, 0.4) is 0 Å². The highest BCUT2D eigenvalue weighted by Gasteiger charge is 2.21. The number of benzene rings is 1. The molecule has 0 saturated heterocycles. The third-order valence-electron chi connectivity index (χ3n) is 3.07. The van der Waals surface area contributed by atoms with Gasteiger partial charge in [0.2, 0.25) is 0 Å². The summed E-state index contributed by atoms with van der Waals surface area (Å²) in [6.07, 6.45) is 2.73. The lowest BCUT2D eigenvalue weighted by atomic mass is 10.1. The molecule has 90 valence electrons. The molecule has 4 nitrogen and oxygen atoms in total. The van der Waals surface area contributed by atoms with E-state index in [1.54, 1.807) is 6.07 Å². The molecule has 1 aliphatic heterocycles. The monoisotopic (exact) mass is 239 g/mol. The maximum absolute atomic E-state index is 10.6. The molecule has 1 aromatic heterocycles. The van der Waals surface area contributed by atoms with Crippen molar-refractivity contribution in [1.82, 2.24) is 4.98 Å². The van der Waals surface area contributed by atoms with Gasteiger partial charge in [-0.05, 0) is 24.3 Å². The minimum Gasteiger partial charge on any atom is -0.356 e. The zero-order valence-corrected chi connectivity index (χ0v) is 9.78. The first-order valence-corrected chi connectivity index (χ1v) is 5.87. The van der Waals surface area contributed by atoms with Crippen LogP contribution in [0.4, 0.5) is 5.69 Å². The van der Waals surface area contributed by atoms with Gasteiger partial charge in [-0.3, -0.25) is 9.80 Å². The molecule has 4 heteroatoms. The third-order valence-corrected chi connectivity index (χ3v) is 3.07. The van der Waals surface area contributed by atoms with Gasteiger partial charge in [0, 0.05) is 11.9 Å². The van der Waals surface area contributed by atoms with Gasteiger partial charge in [0.15, 0.2) is 6.29 Å². The Bertz CT molecular complexity index is 574. The number of aldehydes is 1. The molecule has 1 N–H and O–H groups in total. The van der Waals surface area contributed by atoms with Crippen LogP contribution in [0.1, 0.15) is 22.1 Å². The number of aromatic amines is 1. The van der Waals surface area contributed by atoms with Crippen LogP contribution in [0.5, 0.6) is 0 Å². The van der Waals surface area contributed by atoms with Crippen LogP contribution in [0.25, 0.3) is 0 Å². The van der Waals surface area contributed by atoms with Gasteiger partial charge in [0.1, 0.15) is 0 Å². The number of anilines is 1. The van der Waals surface area contributed by atoms with Crippen molar-refractivity contribution in [2.75, 3.05) is 11.6 Å². The van der Waals surface area contributed by atoms with Gasteiger partial charge in [-0.2, -0.15) is 5.10 Å². The highest BCUT2D eigenvalue weighted by atomic mass is 16.1. The quantitative estimate of drug-likeness (QED) is 0.836. The van der Waals surface area contributed by atoms with Crippen molar-refractivity contribution in [3.63, 3.8) is 0 Å². The molecule has 0 amide bonds. The lowest BCUT2D eigenvalue weighted by molar-refractivity contribution is 0.111. The minimum atomic E-state index is 0.207. The molecule has 0 aliphatic carbocycles. The zero-order chi connectivity index (χ0) is 12.4. The standard InChI is InChI=1S/C14H13N3O/c18-10-12-6-7-14(16-12)11-8-15-17(9-11)13-4-2-1-3-5-13/h1-8,10-11,16H,9H2. The predicted octanol–water partition coefficient (Wildman–Crippen LogP) is 2.42. The number of carbonyl (C=O) groups is 1. The van der Waals surface area contributed by atoms with E-state index in [4.69, 9.17) is 0 Å². The van der Waals surface area contributed by atoms with Crippen LogP contribution in [0, 0.1) is 0 Å². The largest absolute Gasteiger partial charge is 0.356 e. The number of rotatable bonds is 3. The topological polar surface area (TPSA) is 48.5 Å². The molecule has 2 aromatic rings. The van der Waals surface area contributed by atoms with Gasteiger partial charge < -0.3 is 4.98 Å². The molecule has 0 saturated carbocycles. The minimum absolute atomic E-state index is 0.207. The summed E-state index contributed by atoms with van der Waals surface area (Å²) < 4.78 is 0. The van der Waals surface area contributed by atoms with E-state index >= 15 is 0 Å². The summed E-state index contributed by atoms with van der Waals surface area (Å²) in [6, 6.07) is 13.8. The van der Waals surface area contributed by atoms with Crippen molar-refractivity contribution in [3.8, 4) is 0 Å². The summed E-state index contributed by atoms with van der Waals surface area (Å²) in [5.74, 6) is 0.207. The summed E-state index contributed by atoms with van der Waals surface area (Å²) in [6.45, 7) is 0.794. The molecular weight excluding hydrogens is 226 g/mol. The third kappa shape index (κ3) is 1.93. The van der Waals surface area contributed by atoms with Crippen molar-refractivity contribution in [1.29, 1.82) is 0 Å². The number of hydrazone groups is 1. The predicted molar refractivity (Wildman–Crippen MR) is 71.2 cm³/mol. The summed E-state index contributed by atoms with van der Waals surface area (Å²) in [5, 5.41) is 6.36. The van der Waals surface area contributed by atoms with E-state index in [0.717, 1.165) is 24.2 Å². The number of para-hydroxylation sites is 1. The first-order valence-electron chi connectivity index (χ1n) is 5.87. The fraction of sp³-hybridized carbons (Fsp3) is 0.143. The van der Waals surface area contributed by atoms with Crippen LogP contribution in [0.15, 0.2) is 47.6 Å². The number of hydrogen-bond acceptors (Lipinski definition) is 3.